The summed E-state index contributed by atoms with van der Waals surface area (Å²) >= 11 is 0. The van der Waals surface area contributed by atoms with Gasteiger partial charge in [0.2, 0.25) is 0 Å². The van der Waals surface area contributed by atoms with Gasteiger partial charge in [0.1, 0.15) is 11.6 Å². The number of hydrogen-bond acceptors (Lipinski definition) is 7. The van der Waals surface area contributed by atoms with Crippen LogP contribution in [0.25, 0.3) is 6.08 Å². The Hall–Kier alpha value is -4.77. The number of para-hydroxylation sites is 1. The zero-order valence-corrected chi connectivity index (χ0v) is 20.8. The minimum atomic E-state index is -0.606. The molecule has 37 heavy (non-hydrogen) atoms. The van der Waals surface area contributed by atoms with Crippen molar-refractivity contribution in [3.8, 4) is 29.1 Å². The lowest BCUT2D eigenvalue weighted by atomic mass is 10.1. The van der Waals surface area contributed by atoms with Gasteiger partial charge in [0.05, 0.1) is 26.4 Å². The Kier molecular flexibility index (Phi) is 7.74. The van der Waals surface area contributed by atoms with E-state index < -0.39 is 5.97 Å². The molecule has 0 saturated carbocycles. The highest BCUT2D eigenvalue weighted by Gasteiger charge is 2.26. The van der Waals surface area contributed by atoms with Gasteiger partial charge in [0.15, 0.2) is 23.0 Å². The van der Waals surface area contributed by atoms with Crippen LogP contribution in [0.15, 0.2) is 66.2 Å². The lowest BCUT2D eigenvalue weighted by Gasteiger charge is -2.17. The van der Waals surface area contributed by atoms with Gasteiger partial charge in [0, 0.05) is 12.2 Å². The number of esters is 1. The number of amides is 1. The van der Waals surface area contributed by atoms with Gasteiger partial charge in [-0.05, 0) is 66.9 Å². The Morgan fingerprint density at radius 3 is 2.46 bits per heavy atom. The molecule has 0 N–H and O–H groups in total. The Morgan fingerprint density at radius 2 is 1.73 bits per heavy atom. The van der Waals surface area contributed by atoms with Crippen molar-refractivity contribution in [1.82, 2.24) is 0 Å². The highest BCUT2D eigenvalue weighted by atomic mass is 16.6. The fourth-order valence-corrected chi connectivity index (χ4v) is 4.09. The molecule has 188 valence electrons. The summed E-state index contributed by atoms with van der Waals surface area (Å²) in [6.45, 7) is 2.65. The molecule has 1 aliphatic rings. The first-order valence-electron chi connectivity index (χ1n) is 11.7. The Labute approximate surface area is 215 Å². The van der Waals surface area contributed by atoms with Crippen molar-refractivity contribution in [3.63, 3.8) is 0 Å². The smallest absolute Gasteiger partial charge is 0.343 e. The second-order valence-electron chi connectivity index (χ2n) is 8.10. The highest BCUT2D eigenvalue weighted by Crippen LogP contribution is 2.33. The maximum atomic E-state index is 13.1. The number of benzene rings is 3. The van der Waals surface area contributed by atoms with Crippen molar-refractivity contribution in [2.45, 2.75) is 13.3 Å². The van der Waals surface area contributed by atoms with E-state index in [-0.39, 0.29) is 22.8 Å². The van der Waals surface area contributed by atoms with E-state index in [1.165, 1.54) is 26.4 Å². The van der Waals surface area contributed by atoms with Crippen molar-refractivity contribution >= 4 is 23.6 Å². The number of carbonyl (C=O) groups is 2. The van der Waals surface area contributed by atoms with Gasteiger partial charge in [-0.2, -0.15) is 5.26 Å². The van der Waals surface area contributed by atoms with Crippen LogP contribution in [0, 0.1) is 11.3 Å². The monoisotopic (exact) mass is 498 g/mol. The Morgan fingerprint density at radius 1 is 0.973 bits per heavy atom. The summed E-state index contributed by atoms with van der Waals surface area (Å²) < 4.78 is 21.7. The van der Waals surface area contributed by atoms with Crippen LogP contribution in [0.3, 0.4) is 0 Å². The fourth-order valence-electron chi connectivity index (χ4n) is 4.09. The molecule has 3 aromatic carbocycles. The number of methoxy groups -OCH3 is 2. The van der Waals surface area contributed by atoms with Crippen LogP contribution in [0.1, 0.15) is 28.4 Å². The van der Waals surface area contributed by atoms with E-state index in [1.807, 2.05) is 30.3 Å². The lowest BCUT2D eigenvalue weighted by molar-refractivity contribution is -0.114. The molecular weight excluding hydrogens is 472 g/mol. The summed E-state index contributed by atoms with van der Waals surface area (Å²) in [5.74, 6) is 0.431. The first-order chi connectivity index (χ1) is 18.0. The zero-order chi connectivity index (χ0) is 26.4. The molecule has 0 saturated heterocycles. The number of nitrogens with zero attached hydrogens (tertiary/aromatic N) is 2. The molecule has 0 fully saturated rings. The van der Waals surface area contributed by atoms with Gasteiger partial charge in [-0.3, -0.25) is 4.79 Å². The molecule has 3 aromatic rings. The minimum absolute atomic E-state index is 0.00535. The largest absolute Gasteiger partial charge is 0.493 e. The molecule has 1 amide bonds. The van der Waals surface area contributed by atoms with Crippen LogP contribution in [0.2, 0.25) is 0 Å². The number of fused-ring (bicyclic) bond motifs is 1. The van der Waals surface area contributed by atoms with Gasteiger partial charge in [-0.15, -0.1) is 0 Å². The second kappa shape index (κ2) is 11.3. The van der Waals surface area contributed by atoms with Crippen LogP contribution in [-0.2, 0) is 11.2 Å². The first-order valence-corrected chi connectivity index (χ1v) is 11.7. The summed E-state index contributed by atoms with van der Waals surface area (Å²) in [4.78, 5) is 27.6. The molecule has 1 aliphatic heterocycles. The summed E-state index contributed by atoms with van der Waals surface area (Å²) in [5.41, 5.74) is 2.72. The van der Waals surface area contributed by atoms with Crippen LogP contribution in [0.4, 0.5) is 5.69 Å². The predicted molar refractivity (Wildman–Crippen MR) is 138 cm³/mol. The van der Waals surface area contributed by atoms with Crippen LogP contribution in [0.5, 0.6) is 23.0 Å². The van der Waals surface area contributed by atoms with E-state index in [9.17, 15) is 14.9 Å². The van der Waals surface area contributed by atoms with Gasteiger partial charge in [-0.25, -0.2) is 4.79 Å². The number of nitriles is 1. The van der Waals surface area contributed by atoms with Gasteiger partial charge >= 0.3 is 5.97 Å². The Bertz CT molecular complexity index is 1410. The molecule has 4 rings (SSSR count). The SMILES string of the molecule is CCOc1cc(/C=C(\C#N)C(=O)N2CCc3ccccc32)ccc1OC(=O)c1ccc(OC)c(OC)c1. The van der Waals surface area contributed by atoms with Gasteiger partial charge < -0.3 is 23.8 Å². The van der Waals surface area contributed by atoms with Crippen LogP contribution >= 0.6 is 0 Å². The molecule has 0 aliphatic carbocycles. The summed E-state index contributed by atoms with van der Waals surface area (Å²) in [7, 11) is 2.99. The highest BCUT2D eigenvalue weighted by molar-refractivity contribution is 6.12. The van der Waals surface area contributed by atoms with Crippen LogP contribution in [-0.4, -0.2) is 39.2 Å². The second-order valence-corrected chi connectivity index (χ2v) is 8.10. The number of hydrogen-bond donors (Lipinski definition) is 0. The van der Waals surface area contributed by atoms with E-state index in [1.54, 1.807) is 42.2 Å². The third kappa shape index (κ3) is 5.41. The molecule has 0 bridgehead atoms. The van der Waals surface area contributed by atoms with Crippen molar-refractivity contribution in [3.05, 3.63) is 82.9 Å². The quantitative estimate of drug-likeness (QED) is 0.190. The van der Waals surface area contributed by atoms with E-state index in [0.29, 0.717) is 36.0 Å². The summed E-state index contributed by atoms with van der Waals surface area (Å²) in [6.07, 6.45) is 2.25. The lowest BCUT2D eigenvalue weighted by Crippen LogP contribution is -2.29. The number of carbonyl (C=O) groups excluding carboxylic acids is 2. The summed E-state index contributed by atoms with van der Waals surface area (Å²) in [6, 6.07) is 19.3. The summed E-state index contributed by atoms with van der Waals surface area (Å²) in [5, 5.41) is 9.73. The zero-order valence-electron chi connectivity index (χ0n) is 20.8. The van der Waals surface area contributed by atoms with Crippen molar-refractivity contribution in [2.24, 2.45) is 0 Å². The first kappa shape index (κ1) is 25.3. The number of ether oxygens (including phenoxy) is 4. The normalized spacial score (nSPS) is 12.4. The topological polar surface area (TPSA) is 98.1 Å². The van der Waals surface area contributed by atoms with E-state index in [2.05, 4.69) is 0 Å². The molecule has 0 atom stereocenters. The van der Waals surface area contributed by atoms with Gasteiger partial charge in [0.25, 0.3) is 5.91 Å². The van der Waals surface area contributed by atoms with Crippen molar-refractivity contribution in [1.29, 1.82) is 5.26 Å². The average molecular weight is 499 g/mol. The van der Waals surface area contributed by atoms with E-state index in [4.69, 9.17) is 18.9 Å². The average Bonchev–Trinajstić information content (AvgIpc) is 3.36. The molecule has 0 unspecified atom stereocenters. The van der Waals surface area contributed by atoms with E-state index >= 15 is 0 Å². The predicted octanol–water partition coefficient (Wildman–Crippen LogP) is 4.82. The Balaban J connectivity index is 1.58. The maximum absolute atomic E-state index is 13.1. The van der Waals surface area contributed by atoms with Crippen molar-refractivity contribution in [2.75, 3.05) is 32.3 Å². The fraction of sp³-hybridized carbons (Fsp3) is 0.207. The maximum Gasteiger partial charge on any atom is 0.343 e. The number of anilines is 1. The molecular formula is C29H26N2O6. The molecule has 0 spiro atoms. The molecule has 0 aromatic heterocycles. The van der Waals surface area contributed by atoms with Gasteiger partial charge in [-0.1, -0.05) is 24.3 Å². The third-order valence-corrected chi connectivity index (χ3v) is 5.88. The van der Waals surface area contributed by atoms with Crippen molar-refractivity contribution < 1.29 is 28.5 Å². The van der Waals surface area contributed by atoms with E-state index in [0.717, 1.165) is 17.7 Å². The molecule has 8 nitrogen and oxygen atoms in total. The standard InChI is InChI=1S/C29H26N2O6/c1-4-36-27-16-19(15-22(18-30)28(32)31-14-13-20-7-5-6-8-23(20)31)9-11-25(27)37-29(33)21-10-12-24(34-2)26(17-21)35-3/h5-12,15-17H,4,13-14H2,1-3H3/b22-15+. The van der Waals surface area contributed by atoms with Crippen LogP contribution < -0.4 is 23.8 Å². The molecule has 0 radical (unpaired) electrons. The minimum Gasteiger partial charge on any atom is -0.493 e. The molecule has 1 heterocycles. The third-order valence-electron chi connectivity index (χ3n) is 5.88. The number of rotatable bonds is 8. The molecule has 8 heteroatoms.